The number of ketones is 1. The minimum absolute atomic E-state index is 0.00616. The van der Waals surface area contributed by atoms with Crippen molar-refractivity contribution in [1.82, 2.24) is 14.9 Å². The number of aromatic nitrogens is 2. The van der Waals surface area contributed by atoms with Crippen LogP contribution in [-0.4, -0.2) is 54.4 Å². The lowest BCUT2D eigenvalue weighted by atomic mass is 9.99. The number of nitrogens with zero attached hydrogens (tertiary/aromatic N) is 2. The van der Waals surface area contributed by atoms with Crippen LogP contribution in [0.2, 0.25) is 0 Å². The van der Waals surface area contributed by atoms with Crippen LogP contribution in [-0.2, 0) is 0 Å². The highest BCUT2D eigenvalue weighted by Crippen LogP contribution is 2.39. The van der Waals surface area contributed by atoms with Crippen LogP contribution in [0.5, 0.6) is 17.2 Å². The van der Waals surface area contributed by atoms with E-state index in [1.165, 1.54) is 21.3 Å². The second kappa shape index (κ2) is 10.0. The van der Waals surface area contributed by atoms with E-state index in [-0.39, 0.29) is 23.1 Å². The molecule has 3 heterocycles. The minimum Gasteiger partial charge on any atom is -0.493 e. The molecule has 0 radical (unpaired) electrons. The molecule has 2 unspecified atom stereocenters. The van der Waals surface area contributed by atoms with Gasteiger partial charge >= 0.3 is 0 Å². The highest BCUT2D eigenvalue weighted by Gasteiger charge is 2.32. The second-order valence-corrected chi connectivity index (χ2v) is 9.36. The number of fused-ring (bicyclic) bond motifs is 1. The van der Waals surface area contributed by atoms with E-state index in [0.717, 1.165) is 5.56 Å². The summed E-state index contributed by atoms with van der Waals surface area (Å²) in [5.74, 6) is 1.57. The molecule has 2 atom stereocenters. The van der Waals surface area contributed by atoms with Crippen molar-refractivity contribution in [3.05, 3.63) is 83.8 Å². The predicted octanol–water partition coefficient (Wildman–Crippen LogP) is 4.34. The zero-order valence-corrected chi connectivity index (χ0v) is 20.9. The zero-order valence-electron chi connectivity index (χ0n) is 20.1. The van der Waals surface area contributed by atoms with E-state index in [4.69, 9.17) is 14.2 Å². The molecule has 1 fully saturated rings. The lowest BCUT2D eigenvalue weighted by Gasteiger charge is -2.14. The molecule has 0 spiro atoms. The van der Waals surface area contributed by atoms with Gasteiger partial charge in [-0.05, 0) is 35.9 Å². The molecule has 0 bridgehead atoms. The Morgan fingerprint density at radius 3 is 2.47 bits per heavy atom. The van der Waals surface area contributed by atoms with Crippen LogP contribution in [0.4, 0.5) is 0 Å². The fourth-order valence-corrected chi connectivity index (χ4v) is 5.65. The molecule has 0 saturated carbocycles. The molecule has 8 nitrogen and oxygen atoms in total. The van der Waals surface area contributed by atoms with Crippen LogP contribution in [0.15, 0.2) is 67.1 Å². The van der Waals surface area contributed by atoms with Crippen LogP contribution in [0.1, 0.15) is 31.7 Å². The summed E-state index contributed by atoms with van der Waals surface area (Å²) in [6.07, 6.45) is 5.26. The van der Waals surface area contributed by atoms with Gasteiger partial charge in [0.05, 0.1) is 38.3 Å². The number of carbonyl (C=O) groups excluding carboxylic acids is 2. The van der Waals surface area contributed by atoms with Crippen molar-refractivity contribution in [2.75, 3.05) is 27.1 Å². The molecule has 36 heavy (non-hydrogen) atoms. The maximum absolute atomic E-state index is 13.6. The van der Waals surface area contributed by atoms with Gasteiger partial charge in [-0.25, -0.2) is 0 Å². The quantitative estimate of drug-likeness (QED) is 0.373. The first-order valence-corrected chi connectivity index (χ1v) is 12.4. The number of carbonyl (C=O) groups is 2. The first-order chi connectivity index (χ1) is 17.5. The first kappa shape index (κ1) is 23.9. The van der Waals surface area contributed by atoms with Crippen molar-refractivity contribution in [3.63, 3.8) is 0 Å². The van der Waals surface area contributed by atoms with E-state index < -0.39 is 0 Å². The number of nitrogens with one attached hydrogen (secondary N) is 1. The summed E-state index contributed by atoms with van der Waals surface area (Å²) >= 11 is 1.68. The molecule has 1 aliphatic heterocycles. The van der Waals surface area contributed by atoms with Gasteiger partial charge in [0.2, 0.25) is 11.7 Å². The summed E-state index contributed by atoms with van der Waals surface area (Å²) in [5, 5.41) is 4.11. The summed E-state index contributed by atoms with van der Waals surface area (Å²) in [6.45, 7) is 0. The molecule has 0 amide bonds. The van der Waals surface area contributed by atoms with Crippen molar-refractivity contribution in [3.8, 4) is 17.2 Å². The molecule has 1 aliphatic rings. The molecule has 2 aromatic heterocycles. The topological polar surface area (TPSA) is 91.7 Å². The second-order valence-electron chi connectivity index (χ2n) is 8.22. The number of ether oxygens (including phenoxy) is 3. The summed E-state index contributed by atoms with van der Waals surface area (Å²) in [7, 11) is 4.53. The fraction of sp³-hybridized carbons (Fsp3) is 0.222. The Morgan fingerprint density at radius 2 is 1.81 bits per heavy atom. The summed E-state index contributed by atoms with van der Waals surface area (Å²) in [5.41, 5.74) is 2.59. The number of methoxy groups -OCH3 is 3. The first-order valence-electron chi connectivity index (χ1n) is 11.3. The maximum atomic E-state index is 13.6. The van der Waals surface area contributed by atoms with Gasteiger partial charge in [0.15, 0.2) is 17.3 Å². The monoisotopic (exact) mass is 503 g/mol. The summed E-state index contributed by atoms with van der Waals surface area (Å²) < 4.78 is 17.8. The largest absolute Gasteiger partial charge is 0.493 e. The van der Waals surface area contributed by atoms with E-state index >= 15 is 0 Å². The maximum Gasteiger partial charge on any atom is 0.249 e. The van der Waals surface area contributed by atoms with E-state index in [1.54, 1.807) is 59.1 Å². The Bertz CT molecular complexity index is 1410. The number of hydrogen-bond acceptors (Lipinski definition) is 8. The van der Waals surface area contributed by atoms with Gasteiger partial charge in [0, 0.05) is 40.9 Å². The molecule has 1 N–H and O–H groups in total. The standard InChI is InChI=1S/C27H25N3O5S/c1-33-22-12-17(13-23(34-2)25(22)35-3)24(31)19-7-4-8-21-18(19)9-11-30(21)27(32)20-15-36-26(29-20)16-6-5-10-28-14-16/h4-14,20,26,29H,15H2,1-3H3. The molecule has 2 aromatic carbocycles. The van der Waals surface area contributed by atoms with Crippen molar-refractivity contribution < 1.29 is 23.8 Å². The Kier molecular flexibility index (Phi) is 6.67. The number of thioether (sulfide) groups is 1. The SMILES string of the molecule is COc1cc(C(=O)c2cccc3c2ccn3C(=O)C2CSC(c3cccnc3)N2)cc(OC)c1OC. The number of pyridine rings is 1. The minimum atomic E-state index is -0.356. The average molecular weight is 504 g/mol. The fourth-order valence-electron chi connectivity index (χ4n) is 4.43. The molecule has 4 aromatic rings. The van der Waals surface area contributed by atoms with Crippen LogP contribution in [0.3, 0.4) is 0 Å². The third-order valence-corrected chi connectivity index (χ3v) is 7.48. The lowest BCUT2D eigenvalue weighted by molar-refractivity contribution is 0.0878. The lowest BCUT2D eigenvalue weighted by Crippen LogP contribution is -2.37. The normalized spacial score (nSPS) is 17.2. The zero-order chi connectivity index (χ0) is 25.2. The van der Waals surface area contributed by atoms with Crippen LogP contribution in [0, 0.1) is 0 Å². The van der Waals surface area contributed by atoms with Crippen molar-refractivity contribution in [2.45, 2.75) is 11.4 Å². The third kappa shape index (κ3) is 4.20. The molecule has 9 heteroatoms. The number of hydrogen-bond donors (Lipinski definition) is 1. The van der Waals surface area contributed by atoms with Gasteiger partial charge in [-0.3, -0.25) is 24.5 Å². The average Bonchev–Trinajstić information content (AvgIpc) is 3.60. The van der Waals surface area contributed by atoms with Gasteiger partial charge in [0.25, 0.3) is 0 Å². The van der Waals surface area contributed by atoms with Gasteiger partial charge in [-0.2, -0.15) is 0 Å². The van der Waals surface area contributed by atoms with Crippen molar-refractivity contribution in [1.29, 1.82) is 0 Å². The van der Waals surface area contributed by atoms with Gasteiger partial charge in [0.1, 0.15) is 0 Å². The van der Waals surface area contributed by atoms with Gasteiger partial charge in [-0.1, -0.05) is 18.2 Å². The van der Waals surface area contributed by atoms with Crippen molar-refractivity contribution in [2.24, 2.45) is 0 Å². The highest BCUT2D eigenvalue weighted by atomic mass is 32.2. The summed E-state index contributed by atoms with van der Waals surface area (Å²) in [4.78, 5) is 31.2. The van der Waals surface area contributed by atoms with Gasteiger partial charge in [-0.15, -0.1) is 11.8 Å². The number of benzene rings is 2. The molecular weight excluding hydrogens is 478 g/mol. The number of rotatable bonds is 7. The van der Waals surface area contributed by atoms with Crippen LogP contribution >= 0.6 is 11.8 Å². The Balaban J connectivity index is 1.45. The predicted molar refractivity (Wildman–Crippen MR) is 138 cm³/mol. The molecule has 0 aliphatic carbocycles. The van der Waals surface area contributed by atoms with E-state index in [0.29, 0.717) is 45.0 Å². The summed E-state index contributed by atoms with van der Waals surface area (Å²) in [6, 6.07) is 14.0. The van der Waals surface area contributed by atoms with Gasteiger partial charge < -0.3 is 14.2 Å². The smallest absolute Gasteiger partial charge is 0.249 e. The molecule has 1 saturated heterocycles. The molecule has 5 rings (SSSR count). The highest BCUT2D eigenvalue weighted by molar-refractivity contribution is 7.99. The molecular formula is C27H25N3O5S. The van der Waals surface area contributed by atoms with E-state index in [1.807, 2.05) is 24.4 Å². The Morgan fingerprint density at radius 1 is 1.03 bits per heavy atom. The molecule has 184 valence electrons. The van der Waals surface area contributed by atoms with E-state index in [9.17, 15) is 9.59 Å². The Labute approximate surface area is 212 Å². The van der Waals surface area contributed by atoms with Crippen molar-refractivity contribution >= 4 is 34.4 Å². The van der Waals surface area contributed by atoms with Crippen LogP contribution in [0.25, 0.3) is 10.9 Å². The van der Waals surface area contributed by atoms with Crippen LogP contribution < -0.4 is 19.5 Å². The Hall–Kier alpha value is -3.82. The third-order valence-electron chi connectivity index (χ3n) is 6.21. The van der Waals surface area contributed by atoms with E-state index in [2.05, 4.69) is 10.3 Å².